The largest absolute Gasteiger partial charge is 0.384 e. The molecule has 0 bridgehead atoms. The first-order valence-electron chi connectivity index (χ1n) is 5.84. The van der Waals surface area contributed by atoms with Crippen LogP contribution in [-0.4, -0.2) is 9.78 Å². The molecule has 0 spiro atoms. The molecule has 0 fully saturated rings. The molecule has 0 aliphatic heterocycles. The molecule has 1 atom stereocenters. The predicted molar refractivity (Wildman–Crippen MR) is 63.0 cm³/mol. The Balaban J connectivity index is 2.49. The molecule has 0 radical (unpaired) electrons. The van der Waals surface area contributed by atoms with Gasteiger partial charge in [0.25, 0.3) is 0 Å². The second kappa shape index (κ2) is 3.26. The van der Waals surface area contributed by atoms with Gasteiger partial charge in [0.1, 0.15) is 5.82 Å². The van der Waals surface area contributed by atoms with Crippen LogP contribution < -0.4 is 5.73 Å². The van der Waals surface area contributed by atoms with E-state index < -0.39 is 0 Å². The summed E-state index contributed by atoms with van der Waals surface area (Å²) in [6.07, 6.45) is 3.33. The molecule has 1 unspecified atom stereocenters. The van der Waals surface area contributed by atoms with E-state index in [2.05, 4.69) is 32.8 Å². The van der Waals surface area contributed by atoms with E-state index in [-0.39, 0.29) is 5.41 Å². The van der Waals surface area contributed by atoms with Crippen LogP contribution >= 0.6 is 0 Å². The molecule has 0 amide bonds. The quantitative estimate of drug-likeness (QED) is 0.810. The lowest BCUT2D eigenvalue weighted by atomic mass is 9.87. The predicted octanol–water partition coefficient (Wildman–Crippen LogP) is 2.66. The van der Waals surface area contributed by atoms with E-state index in [1.807, 2.05) is 4.68 Å². The smallest absolute Gasteiger partial charge is 0.126 e. The highest BCUT2D eigenvalue weighted by Crippen LogP contribution is 2.42. The summed E-state index contributed by atoms with van der Waals surface area (Å²) in [5.74, 6) is 0.891. The van der Waals surface area contributed by atoms with Crippen LogP contribution in [0.15, 0.2) is 0 Å². The van der Waals surface area contributed by atoms with Crippen molar-refractivity contribution >= 4 is 5.82 Å². The topological polar surface area (TPSA) is 43.8 Å². The molecule has 0 aromatic carbocycles. The summed E-state index contributed by atoms with van der Waals surface area (Å²) in [4.78, 5) is 0. The van der Waals surface area contributed by atoms with Gasteiger partial charge in [-0.1, -0.05) is 20.8 Å². The molecule has 0 saturated carbocycles. The number of rotatable bonds is 2. The van der Waals surface area contributed by atoms with Crippen molar-refractivity contribution in [1.82, 2.24) is 9.78 Å². The fourth-order valence-corrected chi connectivity index (χ4v) is 2.47. The lowest BCUT2D eigenvalue weighted by Gasteiger charge is -2.20. The average molecular weight is 207 g/mol. The normalized spacial score (nSPS) is 20.3. The molecule has 1 aliphatic rings. The summed E-state index contributed by atoms with van der Waals surface area (Å²) in [7, 11) is 0. The van der Waals surface area contributed by atoms with Crippen LogP contribution in [0.2, 0.25) is 0 Å². The number of nitrogen functional groups attached to an aromatic ring is 1. The van der Waals surface area contributed by atoms with Gasteiger partial charge in [0.05, 0.1) is 11.7 Å². The average Bonchev–Trinajstić information content (AvgIpc) is 2.66. The van der Waals surface area contributed by atoms with Gasteiger partial charge in [0.2, 0.25) is 0 Å². The van der Waals surface area contributed by atoms with E-state index in [9.17, 15) is 0 Å². The molecule has 15 heavy (non-hydrogen) atoms. The Morgan fingerprint density at radius 1 is 1.53 bits per heavy atom. The number of hydrogen-bond acceptors (Lipinski definition) is 2. The Kier molecular flexibility index (Phi) is 2.28. The third kappa shape index (κ3) is 1.45. The van der Waals surface area contributed by atoms with Crippen LogP contribution in [-0.2, 0) is 11.8 Å². The zero-order valence-corrected chi connectivity index (χ0v) is 10.2. The molecular formula is C12H21N3. The van der Waals surface area contributed by atoms with Crippen molar-refractivity contribution in [3.63, 3.8) is 0 Å². The number of hydrogen-bond donors (Lipinski definition) is 1. The van der Waals surface area contributed by atoms with Gasteiger partial charge < -0.3 is 5.73 Å². The van der Waals surface area contributed by atoms with Gasteiger partial charge in [-0.3, -0.25) is 0 Å². The molecule has 3 nitrogen and oxygen atoms in total. The molecule has 2 rings (SSSR count). The molecule has 1 aromatic rings. The van der Waals surface area contributed by atoms with Gasteiger partial charge in [-0.2, -0.15) is 5.10 Å². The number of aryl methyl sites for hydroxylation is 1. The Morgan fingerprint density at radius 2 is 2.20 bits per heavy atom. The summed E-state index contributed by atoms with van der Waals surface area (Å²) in [5, 5.41) is 4.65. The van der Waals surface area contributed by atoms with Crippen LogP contribution in [0.25, 0.3) is 0 Å². The number of anilines is 1. The Morgan fingerprint density at radius 3 is 2.73 bits per heavy atom. The minimum absolute atomic E-state index is 0.213. The van der Waals surface area contributed by atoms with E-state index in [0.29, 0.717) is 6.04 Å². The zero-order valence-electron chi connectivity index (χ0n) is 10.2. The highest BCUT2D eigenvalue weighted by Gasteiger charge is 2.36. The van der Waals surface area contributed by atoms with Crippen LogP contribution in [0, 0.1) is 0 Å². The molecule has 0 saturated heterocycles. The van der Waals surface area contributed by atoms with Crippen LogP contribution in [0.1, 0.15) is 57.8 Å². The van der Waals surface area contributed by atoms with Crippen molar-refractivity contribution in [2.75, 3.05) is 5.73 Å². The van der Waals surface area contributed by atoms with Crippen molar-refractivity contribution in [3.8, 4) is 0 Å². The summed E-state index contributed by atoms with van der Waals surface area (Å²) in [6.45, 7) is 8.86. The molecule has 3 heteroatoms. The lowest BCUT2D eigenvalue weighted by Crippen LogP contribution is -2.17. The second-order valence-corrected chi connectivity index (χ2v) is 5.29. The minimum Gasteiger partial charge on any atom is -0.384 e. The molecule has 2 N–H and O–H groups in total. The van der Waals surface area contributed by atoms with Gasteiger partial charge >= 0.3 is 0 Å². The summed E-state index contributed by atoms with van der Waals surface area (Å²) < 4.78 is 2.01. The number of nitrogens with zero attached hydrogens (tertiary/aromatic N) is 2. The molecule has 1 heterocycles. The lowest BCUT2D eigenvalue weighted by molar-refractivity contribution is 0.466. The van der Waals surface area contributed by atoms with Crippen molar-refractivity contribution in [1.29, 1.82) is 0 Å². The van der Waals surface area contributed by atoms with E-state index in [4.69, 9.17) is 5.73 Å². The molecule has 1 aromatic heterocycles. The molecule has 1 aliphatic carbocycles. The third-order valence-corrected chi connectivity index (χ3v) is 3.69. The maximum atomic E-state index is 6.21. The number of aromatic nitrogens is 2. The highest BCUT2D eigenvalue weighted by atomic mass is 15.3. The summed E-state index contributed by atoms with van der Waals surface area (Å²) >= 11 is 0. The van der Waals surface area contributed by atoms with Crippen molar-refractivity contribution in [2.24, 2.45) is 0 Å². The zero-order chi connectivity index (χ0) is 11.2. The fraction of sp³-hybridized carbons (Fsp3) is 0.750. The van der Waals surface area contributed by atoms with Crippen molar-refractivity contribution in [2.45, 2.75) is 58.4 Å². The summed E-state index contributed by atoms with van der Waals surface area (Å²) in [6, 6.07) is 0.409. The van der Waals surface area contributed by atoms with Crippen LogP contribution in [0.5, 0.6) is 0 Å². The van der Waals surface area contributed by atoms with E-state index in [1.165, 1.54) is 17.7 Å². The van der Waals surface area contributed by atoms with E-state index >= 15 is 0 Å². The van der Waals surface area contributed by atoms with Gasteiger partial charge in [-0.05, 0) is 31.6 Å². The number of fused-ring (bicyclic) bond motifs is 1. The second-order valence-electron chi connectivity index (χ2n) is 5.29. The van der Waals surface area contributed by atoms with Crippen molar-refractivity contribution < 1.29 is 0 Å². The maximum absolute atomic E-state index is 6.21. The van der Waals surface area contributed by atoms with Gasteiger partial charge in [-0.25, -0.2) is 4.68 Å². The third-order valence-electron chi connectivity index (χ3n) is 3.69. The molecule has 84 valence electrons. The number of nitrogens with two attached hydrogens (primary N) is 1. The van der Waals surface area contributed by atoms with E-state index in [1.54, 1.807) is 0 Å². The van der Waals surface area contributed by atoms with Crippen LogP contribution in [0.4, 0.5) is 5.82 Å². The summed E-state index contributed by atoms with van der Waals surface area (Å²) in [5.41, 5.74) is 8.94. The maximum Gasteiger partial charge on any atom is 0.126 e. The van der Waals surface area contributed by atoms with Crippen LogP contribution in [0.3, 0.4) is 0 Å². The minimum atomic E-state index is 0.213. The van der Waals surface area contributed by atoms with Gasteiger partial charge in [0, 0.05) is 5.56 Å². The van der Waals surface area contributed by atoms with Gasteiger partial charge in [0.15, 0.2) is 0 Å². The van der Waals surface area contributed by atoms with E-state index in [0.717, 1.165) is 18.7 Å². The SMILES string of the molecule is CCC(C)n1nc2c(c1N)C(C)(C)CC2. The van der Waals surface area contributed by atoms with Crippen molar-refractivity contribution in [3.05, 3.63) is 11.3 Å². The Hall–Kier alpha value is -0.990. The monoisotopic (exact) mass is 207 g/mol. The Bertz CT molecular complexity index is 376. The first-order chi connectivity index (χ1) is 6.97. The first kappa shape index (κ1) is 10.5. The Labute approximate surface area is 91.7 Å². The highest BCUT2D eigenvalue weighted by molar-refractivity contribution is 5.51. The fourth-order valence-electron chi connectivity index (χ4n) is 2.47. The van der Waals surface area contributed by atoms with Gasteiger partial charge in [-0.15, -0.1) is 0 Å². The standard InChI is InChI=1S/C12H21N3/c1-5-8(2)15-11(13)10-9(14-15)6-7-12(10,3)4/h8H,5-7,13H2,1-4H3. The molecular weight excluding hydrogens is 186 g/mol. The first-order valence-corrected chi connectivity index (χ1v) is 5.84.